The summed E-state index contributed by atoms with van der Waals surface area (Å²) in [4.78, 5) is 53.9. The topological polar surface area (TPSA) is 125 Å². The number of ether oxygens (including phenoxy) is 2. The van der Waals surface area contributed by atoms with Gasteiger partial charge >= 0.3 is 11.9 Å². The van der Waals surface area contributed by atoms with E-state index in [2.05, 4.69) is 10.2 Å². The van der Waals surface area contributed by atoms with Crippen LogP contribution in [0.3, 0.4) is 0 Å². The van der Waals surface area contributed by atoms with Gasteiger partial charge in [0.2, 0.25) is 11.8 Å². The number of nitrogens with one attached hydrogen (secondary N) is 1. The van der Waals surface area contributed by atoms with Gasteiger partial charge in [0.05, 0.1) is 24.6 Å². The van der Waals surface area contributed by atoms with E-state index in [4.69, 9.17) is 9.47 Å². The standard InChI is InChI=1S/C35H43N3O7/c1-44-32(41)27-8-6-24(7-9-27)22-45-29-5-3-2-4-28(29)21-37-10-12-38(13-11-37)31(40)20-36-30(39)19-34-15-25-14-26(16-34)18-35(17-25,23-34)33(42)43/h2-9,25-26H,10-23H2,1H3,(H,36,39)(H,42,43)/t25-,26+,34?,35?. The number of hydrogen-bond donors (Lipinski definition) is 2. The summed E-state index contributed by atoms with van der Waals surface area (Å²) in [5.74, 6) is 0.304. The summed E-state index contributed by atoms with van der Waals surface area (Å²) in [6, 6.07) is 15.1. The van der Waals surface area contributed by atoms with Gasteiger partial charge in [-0.3, -0.25) is 19.3 Å². The normalized spacial score (nSPS) is 27.2. The summed E-state index contributed by atoms with van der Waals surface area (Å²) >= 11 is 0. The molecule has 2 amide bonds. The van der Waals surface area contributed by atoms with Gasteiger partial charge in [0.15, 0.2) is 0 Å². The highest BCUT2D eigenvalue weighted by atomic mass is 16.5. The minimum absolute atomic E-state index is 0.0247. The van der Waals surface area contributed by atoms with Gasteiger partial charge in [-0.05, 0) is 79.5 Å². The smallest absolute Gasteiger partial charge is 0.337 e. The van der Waals surface area contributed by atoms with Gasteiger partial charge in [0.25, 0.3) is 0 Å². The maximum absolute atomic E-state index is 13.0. The van der Waals surface area contributed by atoms with Crippen LogP contribution in [-0.2, 0) is 32.3 Å². The molecule has 4 saturated carbocycles. The molecule has 0 radical (unpaired) electrons. The van der Waals surface area contributed by atoms with Crippen molar-refractivity contribution in [1.29, 1.82) is 0 Å². The quantitative estimate of drug-likeness (QED) is 0.364. The third-order valence-corrected chi connectivity index (χ3v) is 10.5. The second-order valence-electron chi connectivity index (χ2n) is 13.7. The molecule has 0 spiro atoms. The molecule has 0 aromatic heterocycles. The van der Waals surface area contributed by atoms with E-state index in [9.17, 15) is 24.3 Å². The molecule has 1 heterocycles. The Morgan fingerprint density at radius 1 is 0.933 bits per heavy atom. The van der Waals surface area contributed by atoms with Crippen LogP contribution in [0.15, 0.2) is 48.5 Å². The number of piperazine rings is 1. The zero-order chi connectivity index (χ0) is 31.6. The van der Waals surface area contributed by atoms with Crippen LogP contribution in [0.2, 0.25) is 0 Å². The van der Waals surface area contributed by atoms with E-state index >= 15 is 0 Å². The third-order valence-electron chi connectivity index (χ3n) is 10.5. The average Bonchev–Trinajstić information content (AvgIpc) is 3.02. The Bertz CT molecular complexity index is 1420. The van der Waals surface area contributed by atoms with Gasteiger partial charge in [-0.25, -0.2) is 4.79 Å². The highest BCUT2D eigenvalue weighted by molar-refractivity contribution is 5.89. The first-order valence-corrected chi connectivity index (χ1v) is 16.0. The summed E-state index contributed by atoms with van der Waals surface area (Å²) in [7, 11) is 1.36. The molecular weight excluding hydrogens is 574 g/mol. The summed E-state index contributed by atoms with van der Waals surface area (Å²) in [6.07, 6.45) is 5.36. The fourth-order valence-corrected chi connectivity index (χ4v) is 8.79. The number of benzene rings is 2. The zero-order valence-corrected chi connectivity index (χ0v) is 26.0. The van der Waals surface area contributed by atoms with Crippen molar-refractivity contribution in [2.45, 2.75) is 58.1 Å². The Balaban J connectivity index is 0.948. The molecule has 5 fully saturated rings. The van der Waals surface area contributed by atoms with E-state index in [0.717, 1.165) is 49.0 Å². The molecule has 2 aromatic carbocycles. The number of methoxy groups -OCH3 is 1. The molecule has 5 aliphatic rings. The van der Waals surface area contributed by atoms with Crippen molar-refractivity contribution in [3.05, 3.63) is 65.2 Å². The van der Waals surface area contributed by atoms with Crippen molar-refractivity contribution in [3.8, 4) is 5.75 Å². The second kappa shape index (κ2) is 12.8. The van der Waals surface area contributed by atoms with Crippen LogP contribution in [0.4, 0.5) is 0 Å². The Labute approximate surface area is 264 Å². The average molecular weight is 618 g/mol. The largest absolute Gasteiger partial charge is 0.489 e. The molecule has 1 aliphatic heterocycles. The predicted octanol–water partition coefficient (Wildman–Crippen LogP) is 3.87. The Morgan fingerprint density at radius 3 is 2.29 bits per heavy atom. The molecule has 10 heteroatoms. The fraction of sp³-hybridized carbons (Fsp3) is 0.543. The van der Waals surface area contributed by atoms with Crippen LogP contribution in [0.25, 0.3) is 0 Å². The van der Waals surface area contributed by atoms with Crippen molar-refractivity contribution >= 4 is 23.8 Å². The monoisotopic (exact) mass is 617 g/mol. The number of nitrogens with zero attached hydrogens (tertiary/aromatic N) is 2. The number of carbonyl (C=O) groups excluding carboxylic acids is 3. The van der Waals surface area contributed by atoms with Crippen LogP contribution in [-0.4, -0.2) is 78.5 Å². The Kier molecular flexibility index (Phi) is 8.86. The van der Waals surface area contributed by atoms with Gasteiger partial charge in [0, 0.05) is 44.7 Å². The van der Waals surface area contributed by atoms with Crippen LogP contribution >= 0.6 is 0 Å². The second-order valence-corrected chi connectivity index (χ2v) is 13.7. The van der Waals surface area contributed by atoms with Crippen molar-refractivity contribution in [2.24, 2.45) is 22.7 Å². The lowest BCUT2D eigenvalue weighted by atomic mass is 9.43. The first-order chi connectivity index (χ1) is 21.7. The molecule has 10 nitrogen and oxygen atoms in total. The fourth-order valence-electron chi connectivity index (χ4n) is 8.79. The number of aliphatic carboxylic acids is 1. The molecule has 7 rings (SSSR count). The lowest BCUT2D eigenvalue weighted by molar-refractivity contribution is -0.176. The van der Waals surface area contributed by atoms with E-state index in [-0.39, 0.29) is 29.7 Å². The summed E-state index contributed by atoms with van der Waals surface area (Å²) in [5.41, 5.74) is 1.60. The third kappa shape index (κ3) is 6.85. The molecule has 45 heavy (non-hydrogen) atoms. The van der Waals surface area contributed by atoms with Crippen LogP contribution in [0.1, 0.15) is 66.4 Å². The molecular formula is C35H43N3O7. The van der Waals surface area contributed by atoms with E-state index < -0.39 is 11.4 Å². The SMILES string of the molecule is COC(=O)c1ccc(COc2ccccc2CN2CCN(C(=O)CNC(=O)CC34C[C@H]5C[C@@H](C3)CC(C(=O)O)(C5)C4)CC2)cc1. The van der Waals surface area contributed by atoms with Crippen molar-refractivity contribution in [2.75, 3.05) is 39.8 Å². The van der Waals surface area contributed by atoms with Crippen molar-refractivity contribution in [3.63, 3.8) is 0 Å². The Hall–Kier alpha value is -3.92. The lowest BCUT2D eigenvalue weighted by Gasteiger charge is -2.60. The number of amides is 2. The predicted molar refractivity (Wildman–Crippen MR) is 165 cm³/mol. The number of carboxylic acid groups (broad SMARTS) is 1. The summed E-state index contributed by atoms with van der Waals surface area (Å²) < 4.78 is 10.9. The number of hydrogen-bond acceptors (Lipinski definition) is 7. The summed E-state index contributed by atoms with van der Waals surface area (Å²) in [6.45, 7) is 3.63. The van der Waals surface area contributed by atoms with Crippen molar-refractivity contribution < 1.29 is 33.8 Å². The van der Waals surface area contributed by atoms with E-state index in [1.54, 1.807) is 17.0 Å². The minimum Gasteiger partial charge on any atom is -0.489 e. The number of esters is 1. The van der Waals surface area contributed by atoms with Crippen LogP contribution < -0.4 is 10.1 Å². The zero-order valence-electron chi connectivity index (χ0n) is 26.0. The first kappa shape index (κ1) is 31.1. The van der Waals surface area contributed by atoms with Gasteiger partial charge < -0.3 is 24.8 Å². The van der Waals surface area contributed by atoms with Gasteiger partial charge in [-0.2, -0.15) is 0 Å². The number of para-hydroxylation sites is 1. The maximum atomic E-state index is 13.0. The lowest BCUT2D eigenvalue weighted by Crippen LogP contribution is -2.56. The Morgan fingerprint density at radius 2 is 1.62 bits per heavy atom. The number of rotatable bonds is 11. The minimum atomic E-state index is -0.698. The highest BCUT2D eigenvalue weighted by Gasteiger charge is 2.61. The molecule has 4 aliphatic carbocycles. The molecule has 240 valence electrons. The van der Waals surface area contributed by atoms with Gasteiger partial charge in [-0.15, -0.1) is 0 Å². The van der Waals surface area contributed by atoms with Crippen LogP contribution in [0, 0.1) is 22.7 Å². The van der Waals surface area contributed by atoms with Gasteiger partial charge in [-0.1, -0.05) is 30.3 Å². The van der Waals surface area contributed by atoms with Gasteiger partial charge in [0.1, 0.15) is 12.4 Å². The number of carboxylic acids is 1. The van der Waals surface area contributed by atoms with E-state index in [0.29, 0.717) is 69.6 Å². The summed E-state index contributed by atoms with van der Waals surface area (Å²) in [5, 5.41) is 12.8. The van der Waals surface area contributed by atoms with E-state index in [1.807, 2.05) is 36.4 Å². The molecule has 4 bridgehead atoms. The molecule has 2 N–H and O–H groups in total. The molecule has 2 aromatic rings. The molecule has 1 saturated heterocycles. The maximum Gasteiger partial charge on any atom is 0.337 e. The number of carbonyl (C=O) groups is 4. The van der Waals surface area contributed by atoms with E-state index in [1.165, 1.54) is 7.11 Å². The van der Waals surface area contributed by atoms with Crippen molar-refractivity contribution in [1.82, 2.24) is 15.1 Å². The molecule has 2 unspecified atom stereocenters. The highest BCUT2D eigenvalue weighted by Crippen LogP contribution is 2.66. The first-order valence-electron chi connectivity index (χ1n) is 16.0. The molecule has 4 atom stereocenters. The van der Waals surface area contributed by atoms with Crippen LogP contribution in [0.5, 0.6) is 5.75 Å².